The highest BCUT2D eigenvalue weighted by molar-refractivity contribution is 7.79. The summed E-state index contributed by atoms with van der Waals surface area (Å²) in [6.45, 7) is 3.42. The Morgan fingerprint density at radius 3 is 2.50 bits per heavy atom. The predicted molar refractivity (Wildman–Crippen MR) is 31.6 cm³/mol. The lowest BCUT2D eigenvalue weighted by Crippen LogP contribution is -1.92. The zero-order chi connectivity index (χ0) is 4.99. The van der Waals surface area contributed by atoms with Crippen molar-refractivity contribution in [3.63, 3.8) is 0 Å². The van der Waals surface area contributed by atoms with Gasteiger partial charge in [-0.2, -0.15) is 0 Å². The van der Waals surface area contributed by atoms with Gasteiger partial charge in [-0.15, -0.1) is 0 Å². The maximum atomic E-state index is 5.11. The van der Waals surface area contributed by atoms with Gasteiger partial charge in [-0.05, 0) is 5.37 Å². The van der Waals surface area contributed by atoms with E-state index in [9.17, 15) is 0 Å². The normalized spacial score (nSPS) is 7.33. The zero-order valence-electron chi connectivity index (χ0n) is 3.48. The van der Waals surface area contributed by atoms with Crippen LogP contribution in [-0.2, 0) is 0 Å². The van der Waals surface area contributed by atoms with Crippen molar-refractivity contribution in [3.8, 4) is 0 Å². The Bertz CT molecular complexity index is 67.9. The van der Waals surface area contributed by atoms with Crippen LogP contribution in [0.2, 0.25) is 0 Å². The monoisotopic (exact) mass is 101 g/mol. The second kappa shape index (κ2) is 2.85. The molecule has 0 aromatic carbocycles. The molecule has 0 radical (unpaired) electrons. The minimum absolute atomic E-state index is 0.630. The SMILES string of the molecule is C=C(N)CC=S. The van der Waals surface area contributed by atoms with Gasteiger partial charge in [-0.3, -0.25) is 0 Å². The summed E-state index contributed by atoms with van der Waals surface area (Å²) in [5, 5.41) is 1.56. The van der Waals surface area contributed by atoms with Gasteiger partial charge in [-0.25, -0.2) is 0 Å². The molecule has 0 aliphatic carbocycles. The number of hydrogen-bond donors (Lipinski definition) is 1. The number of nitrogens with two attached hydrogens (primary N) is 1. The van der Waals surface area contributed by atoms with Crippen molar-refractivity contribution in [1.82, 2.24) is 0 Å². The molecular formula is C4H7NS. The molecule has 0 aliphatic heterocycles. The van der Waals surface area contributed by atoms with Crippen LogP contribution < -0.4 is 5.73 Å². The van der Waals surface area contributed by atoms with Crippen molar-refractivity contribution in [2.24, 2.45) is 5.73 Å². The molecule has 0 atom stereocenters. The van der Waals surface area contributed by atoms with Crippen LogP contribution in [0.15, 0.2) is 12.3 Å². The Morgan fingerprint density at radius 2 is 2.50 bits per heavy atom. The predicted octanol–water partition coefficient (Wildman–Crippen LogP) is 0.849. The number of rotatable bonds is 2. The van der Waals surface area contributed by atoms with Crippen LogP contribution in [-0.4, -0.2) is 5.37 Å². The van der Waals surface area contributed by atoms with E-state index in [2.05, 4.69) is 18.8 Å². The van der Waals surface area contributed by atoms with Gasteiger partial charge in [0.2, 0.25) is 0 Å². The third-order valence-electron chi connectivity index (χ3n) is 0.346. The lowest BCUT2D eigenvalue weighted by atomic mass is 10.4. The molecule has 0 spiro atoms. The van der Waals surface area contributed by atoms with E-state index in [1.807, 2.05) is 0 Å². The average Bonchev–Trinajstić information content (AvgIpc) is 1.35. The van der Waals surface area contributed by atoms with Crippen molar-refractivity contribution in [2.75, 3.05) is 0 Å². The van der Waals surface area contributed by atoms with E-state index in [0.29, 0.717) is 12.1 Å². The van der Waals surface area contributed by atoms with E-state index in [1.54, 1.807) is 5.37 Å². The van der Waals surface area contributed by atoms with Gasteiger partial charge in [-0.1, -0.05) is 18.8 Å². The van der Waals surface area contributed by atoms with Crippen LogP contribution in [0.3, 0.4) is 0 Å². The summed E-state index contributed by atoms with van der Waals surface area (Å²) in [6.07, 6.45) is 0.648. The molecule has 0 amide bonds. The van der Waals surface area contributed by atoms with E-state index >= 15 is 0 Å². The molecule has 0 aromatic heterocycles. The van der Waals surface area contributed by atoms with Gasteiger partial charge in [0, 0.05) is 12.1 Å². The van der Waals surface area contributed by atoms with Gasteiger partial charge in [0.15, 0.2) is 0 Å². The first-order valence-corrected chi connectivity index (χ1v) is 2.11. The Kier molecular flexibility index (Phi) is 2.67. The summed E-state index contributed by atoms with van der Waals surface area (Å²) in [5.74, 6) is 0. The van der Waals surface area contributed by atoms with Gasteiger partial charge in [0.05, 0.1) is 0 Å². The van der Waals surface area contributed by atoms with Crippen molar-refractivity contribution >= 4 is 17.6 Å². The molecule has 0 unspecified atom stereocenters. The zero-order valence-corrected chi connectivity index (χ0v) is 4.29. The van der Waals surface area contributed by atoms with Crippen LogP contribution in [0.4, 0.5) is 0 Å². The summed E-state index contributed by atoms with van der Waals surface area (Å²) in [6, 6.07) is 0. The van der Waals surface area contributed by atoms with E-state index in [-0.39, 0.29) is 0 Å². The van der Waals surface area contributed by atoms with E-state index in [1.165, 1.54) is 0 Å². The molecule has 0 aromatic rings. The third-order valence-corrected chi connectivity index (χ3v) is 0.512. The molecular weight excluding hydrogens is 94.1 g/mol. The third kappa shape index (κ3) is 3.63. The van der Waals surface area contributed by atoms with Crippen LogP contribution in [0.25, 0.3) is 0 Å². The molecule has 2 heteroatoms. The van der Waals surface area contributed by atoms with Gasteiger partial charge in [0.25, 0.3) is 0 Å². The summed E-state index contributed by atoms with van der Waals surface area (Å²) in [4.78, 5) is 0. The molecule has 0 saturated heterocycles. The maximum Gasteiger partial charge on any atom is 0.0148 e. The summed E-state index contributed by atoms with van der Waals surface area (Å²) in [7, 11) is 0. The molecule has 34 valence electrons. The molecule has 6 heavy (non-hydrogen) atoms. The lowest BCUT2D eigenvalue weighted by molar-refractivity contribution is 1.26. The fraction of sp³-hybridized carbons (Fsp3) is 0.250. The Labute approximate surface area is 42.8 Å². The molecule has 0 rings (SSSR count). The molecule has 1 nitrogen and oxygen atoms in total. The fourth-order valence-electron chi connectivity index (χ4n) is 0.107. The van der Waals surface area contributed by atoms with E-state index in [4.69, 9.17) is 5.73 Å². The quantitative estimate of drug-likeness (QED) is 0.522. The second-order valence-corrected chi connectivity index (χ2v) is 1.36. The van der Waals surface area contributed by atoms with Crippen LogP contribution in [0.5, 0.6) is 0 Å². The molecule has 0 aliphatic rings. The van der Waals surface area contributed by atoms with Crippen LogP contribution >= 0.6 is 12.2 Å². The summed E-state index contributed by atoms with van der Waals surface area (Å²) >= 11 is 4.46. The van der Waals surface area contributed by atoms with Gasteiger partial charge < -0.3 is 5.73 Å². The second-order valence-electron chi connectivity index (χ2n) is 1.03. The standard InChI is InChI=1S/C4H7NS/c1-4(5)2-3-6/h3H,1-2,5H2. The van der Waals surface area contributed by atoms with E-state index < -0.39 is 0 Å². The number of hydrogen-bond acceptors (Lipinski definition) is 2. The van der Waals surface area contributed by atoms with Crippen LogP contribution in [0.1, 0.15) is 6.42 Å². The lowest BCUT2D eigenvalue weighted by Gasteiger charge is -1.83. The average molecular weight is 101 g/mol. The first-order valence-electron chi connectivity index (χ1n) is 1.64. The molecule has 0 saturated carbocycles. The minimum Gasteiger partial charge on any atom is -0.402 e. The topological polar surface area (TPSA) is 26.0 Å². The van der Waals surface area contributed by atoms with Gasteiger partial charge in [0.1, 0.15) is 0 Å². The fourth-order valence-corrected chi connectivity index (χ4v) is 0.321. The van der Waals surface area contributed by atoms with Crippen molar-refractivity contribution in [1.29, 1.82) is 0 Å². The summed E-state index contributed by atoms with van der Waals surface area (Å²) in [5.41, 5.74) is 5.74. The molecule has 0 bridgehead atoms. The molecule has 0 fully saturated rings. The highest BCUT2D eigenvalue weighted by Gasteiger charge is 1.73. The smallest absolute Gasteiger partial charge is 0.0148 e. The number of thiocarbonyl (C=S) groups is 1. The first kappa shape index (κ1) is 5.63. The van der Waals surface area contributed by atoms with E-state index in [0.717, 1.165) is 0 Å². The van der Waals surface area contributed by atoms with Crippen molar-refractivity contribution in [2.45, 2.75) is 6.42 Å². The Morgan fingerprint density at radius 1 is 2.00 bits per heavy atom. The maximum absolute atomic E-state index is 5.11. The largest absolute Gasteiger partial charge is 0.402 e. The van der Waals surface area contributed by atoms with Crippen molar-refractivity contribution < 1.29 is 0 Å². The van der Waals surface area contributed by atoms with Crippen molar-refractivity contribution in [3.05, 3.63) is 12.3 Å². The highest BCUT2D eigenvalue weighted by Crippen LogP contribution is 1.79. The summed E-state index contributed by atoms with van der Waals surface area (Å²) < 4.78 is 0. The molecule has 2 N–H and O–H groups in total. The van der Waals surface area contributed by atoms with Crippen LogP contribution in [0, 0.1) is 0 Å². The molecule has 0 heterocycles. The highest BCUT2D eigenvalue weighted by atomic mass is 32.1. The first-order chi connectivity index (χ1) is 2.77. The Balaban J connectivity index is 3.05. The number of allylic oxidation sites excluding steroid dienone is 1. The Hall–Kier alpha value is -0.370. The minimum atomic E-state index is 0.630. The van der Waals surface area contributed by atoms with Gasteiger partial charge >= 0.3 is 0 Å².